The number of ether oxygens (including phenoxy) is 2. The van der Waals surface area contributed by atoms with Crippen LogP contribution < -0.4 is 66.8 Å². The van der Waals surface area contributed by atoms with Crippen molar-refractivity contribution in [3.8, 4) is 45.5 Å². The summed E-state index contributed by atoms with van der Waals surface area (Å²) in [5.74, 6) is 1.69. The molecule has 0 saturated heterocycles. The monoisotopic (exact) mass is 618 g/mol. The number of aromatic nitrogens is 4. The van der Waals surface area contributed by atoms with Crippen molar-refractivity contribution in [3.05, 3.63) is 100 Å². The minimum atomic E-state index is -0.729. The van der Waals surface area contributed by atoms with Crippen molar-refractivity contribution in [1.82, 2.24) is 19.7 Å². The van der Waals surface area contributed by atoms with Gasteiger partial charge in [0.25, 0.3) is 5.56 Å². The van der Waals surface area contributed by atoms with Crippen LogP contribution in [-0.4, -0.2) is 32.4 Å². The topological polar surface area (TPSA) is 115 Å². The van der Waals surface area contributed by atoms with Crippen LogP contribution in [0.1, 0.15) is 51.2 Å². The summed E-state index contributed by atoms with van der Waals surface area (Å²) in [6.07, 6.45) is 0.767. The molecular formula is C34H35KN4O5. The first-order valence-electron chi connectivity index (χ1n) is 14.3. The molecule has 2 aromatic heterocycles. The molecule has 0 aliphatic carbocycles. The Bertz CT molecular complexity index is 1760. The van der Waals surface area contributed by atoms with Crippen LogP contribution in [0.3, 0.4) is 0 Å². The second-order valence-electron chi connectivity index (χ2n) is 11.3. The molecule has 0 aliphatic heterocycles. The Morgan fingerprint density at radius 3 is 2.16 bits per heavy atom. The van der Waals surface area contributed by atoms with E-state index in [4.69, 9.17) is 14.5 Å². The van der Waals surface area contributed by atoms with Gasteiger partial charge in [0.15, 0.2) is 11.9 Å². The molecule has 0 fully saturated rings. The quantitative estimate of drug-likeness (QED) is 0.220. The van der Waals surface area contributed by atoms with E-state index in [1.54, 1.807) is 11.7 Å². The molecule has 0 spiro atoms. The number of aryl methyl sites for hydroxylation is 1. The molecule has 0 bridgehead atoms. The summed E-state index contributed by atoms with van der Waals surface area (Å²) < 4.78 is 17.9. The largest absolute Gasteiger partial charge is 1.00 e. The second kappa shape index (κ2) is 14.8. The van der Waals surface area contributed by atoms with E-state index >= 15 is 0 Å². The number of methoxy groups -OCH3 is 1. The summed E-state index contributed by atoms with van der Waals surface area (Å²) in [5.41, 5.74) is 4.89. The Balaban J connectivity index is 0.00000442. The molecule has 0 radical (unpaired) electrons. The first kappa shape index (κ1) is 33.8. The third kappa shape index (κ3) is 7.93. The van der Waals surface area contributed by atoms with E-state index < -0.39 is 6.08 Å². The summed E-state index contributed by atoms with van der Waals surface area (Å²) in [4.78, 5) is 23.0. The summed E-state index contributed by atoms with van der Waals surface area (Å²) >= 11 is 0. The van der Waals surface area contributed by atoms with Gasteiger partial charge in [0.1, 0.15) is 17.2 Å². The molecule has 0 aliphatic rings. The first-order valence-corrected chi connectivity index (χ1v) is 14.3. The molecule has 5 rings (SSSR count). The van der Waals surface area contributed by atoms with Gasteiger partial charge in [-0.2, -0.15) is 5.16 Å². The van der Waals surface area contributed by atoms with Gasteiger partial charge in [-0.05, 0) is 61.6 Å². The molecule has 0 amide bonds. The van der Waals surface area contributed by atoms with Gasteiger partial charge in [0.05, 0.1) is 24.4 Å². The molecule has 5 aromatic rings. The van der Waals surface area contributed by atoms with Gasteiger partial charge in [-0.1, -0.05) is 67.6 Å². The molecule has 10 heteroatoms. The van der Waals surface area contributed by atoms with Crippen molar-refractivity contribution in [2.45, 2.75) is 59.3 Å². The van der Waals surface area contributed by atoms with Crippen molar-refractivity contribution >= 4 is 0 Å². The van der Waals surface area contributed by atoms with Gasteiger partial charge in [-0.15, -0.1) is 0 Å². The fourth-order valence-corrected chi connectivity index (χ4v) is 5.02. The Labute approximate surface area is 299 Å². The fraction of sp³-hybridized carbons (Fsp3) is 0.294. The fourth-order valence-electron chi connectivity index (χ4n) is 5.02. The summed E-state index contributed by atoms with van der Waals surface area (Å²) in [5, 5.41) is 15.3. The molecule has 0 N–H and O–H groups in total. The van der Waals surface area contributed by atoms with E-state index in [1.807, 2.05) is 93.6 Å². The molecule has 9 nitrogen and oxygen atoms in total. The number of rotatable bonds is 10. The average molecular weight is 619 g/mol. The van der Waals surface area contributed by atoms with E-state index in [2.05, 4.69) is 21.6 Å². The maximum absolute atomic E-state index is 14.2. The van der Waals surface area contributed by atoms with Crippen LogP contribution in [0.15, 0.2) is 82.1 Å². The van der Waals surface area contributed by atoms with Crippen LogP contribution in [0.5, 0.6) is 11.8 Å². The summed E-state index contributed by atoms with van der Waals surface area (Å²) in [6, 6.07) is 23.1. The number of benzene rings is 3. The minimum absolute atomic E-state index is 0. The van der Waals surface area contributed by atoms with Crippen molar-refractivity contribution in [2.24, 2.45) is 0 Å². The minimum Gasteiger partial charge on any atom is -0.528 e. The van der Waals surface area contributed by atoms with E-state index in [-0.39, 0.29) is 75.0 Å². The van der Waals surface area contributed by atoms with Gasteiger partial charge in [0, 0.05) is 19.1 Å². The van der Waals surface area contributed by atoms with Crippen molar-refractivity contribution in [1.29, 1.82) is 0 Å². The van der Waals surface area contributed by atoms with E-state index in [1.165, 1.54) is 0 Å². The van der Waals surface area contributed by atoms with E-state index in [9.17, 15) is 9.90 Å². The second-order valence-corrected chi connectivity index (χ2v) is 11.3. The van der Waals surface area contributed by atoms with Gasteiger partial charge >= 0.3 is 51.4 Å². The predicted molar refractivity (Wildman–Crippen MR) is 163 cm³/mol. The van der Waals surface area contributed by atoms with Gasteiger partial charge in [0.2, 0.25) is 0 Å². The van der Waals surface area contributed by atoms with E-state index in [0.29, 0.717) is 29.8 Å². The number of hydrogen-bond donors (Lipinski definition) is 0. The Hall–Kier alpha value is -3.12. The maximum Gasteiger partial charge on any atom is 1.00 e. The van der Waals surface area contributed by atoms with Crippen LogP contribution >= 0.6 is 0 Å². The zero-order valence-corrected chi connectivity index (χ0v) is 29.2. The smallest absolute Gasteiger partial charge is 0.528 e. The number of hydrogen-bond acceptors (Lipinski definition) is 8. The van der Waals surface area contributed by atoms with Crippen molar-refractivity contribution in [3.63, 3.8) is 0 Å². The van der Waals surface area contributed by atoms with Crippen molar-refractivity contribution in [2.75, 3.05) is 7.11 Å². The van der Waals surface area contributed by atoms with Gasteiger partial charge < -0.3 is 19.1 Å². The number of nitrogens with zero attached hydrogens (tertiary/aromatic N) is 4. The zero-order valence-electron chi connectivity index (χ0n) is 26.1. The SMILES string of the molecule is CCCc1nc(COC)c(-c2ccc(OC(C)(C)C)cc2)c(=O)n1Cc1ccc(-c2ccccc2-c2noc([O-])n2)cc1.[K+]. The van der Waals surface area contributed by atoms with E-state index in [0.717, 1.165) is 40.2 Å². The average Bonchev–Trinajstić information content (AvgIpc) is 3.42. The van der Waals surface area contributed by atoms with Crippen molar-refractivity contribution < 1.29 is 70.5 Å². The molecular weight excluding hydrogens is 583 g/mol. The molecule has 2 heterocycles. The predicted octanol–water partition coefficient (Wildman–Crippen LogP) is 3.03. The molecule has 0 unspecified atom stereocenters. The van der Waals surface area contributed by atoms with Crippen LogP contribution in [0, 0.1) is 0 Å². The molecule has 44 heavy (non-hydrogen) atoms. The normalized spacial score (nSPS) is 11.3. The Morgan fingerprint density at radius 1 is 0.909 bits per heavy atom. The molecule has 0 atom stereocenters. The molecule has 3 aromatic carbocycles. The Kier molecular flexibility index (Phi) is 11.3. The van der Waals surface area contributed by atoms with Crippen LogP contribution in [0.4, 0.5) is 0 Å². The Morgan fingerprint density at radius 2 is 1.57 bits per heavy atom. The van der Waals surface area contributed by atoms with Gasteiger partial charge in [-0.3, -0.25) is 9.36 Å². The third-order valence-electron chi connectivity index (χ3n) is 6.83. The van der Waals surface area contributed by atoms with Crippen LogP contribution in [0.2, 0.25) is 0 Å². The standard InChI is InChI=1S/C34H36N4O5.K/c1-6-9-29-35-28(21-41-5)30(24-16-18-25(19-17-24)42-34(2,3)4)32(39)38(29)20-22-12-14-23(15-13-22)26-10-7-8-11-27(26)31-36-33(40)43-37-31;/h7-8,10-19H,6,9,20-21H2,1-5H3,(H,36,37,40);/q;+1/p-1. The molecule has 0 saturated carbocycles. The summed E-state index contributed by atoms with van der Waals surface area (Å²) in [6.45, 7) is 8.64. The van der Waals surface area contributed by atoms with Crippen LogP contribution in [0.25, 0.3) is 33.6 Å². The zero-order chi connectivity index (χ0) is 30.6. The first-order chi connectivity index (χ1) is 20.7. The van der Waals surface area contributed by atoms with Gasteiger partial charge in [-0.25, -0.2) is 9.97 Å². The van der Waals surface area contributed by atoms with Crippen LogP contribution in [-0.2, 0) is 24.3 Å². The maximum atomic E-state index is 14.2. The molecule has 222 valence electrons. The summed E-state index contributed by atoms with van der Waals surface area (Å²) in [7, 11) is 1.61. The third-order valence-corrected chi connectivity index (χ3v) is 6.83.